The summed E-state index contributed by atoms with van der Waals surface area (Å²) in [6.45, 7) is 1.26. The number of nitrogens with one attached hydrogen (secondary N) is 2. The zero-order chi connectivity index (χ0) is 21.7. The molecule has 0 spiro atoms. The molecule has 0 aliphatic rings. The van der Waals surface area contributed by atoms with Crippen LogP contribution in [0, 0.1) is 0 Å². The van der Waals surface area contributed by atoms with E-state index in [9.17, 15) is 14.4 Å². The lowest BCUT2D eigenvalue weighted by Crippen LogP contribution is -2.22. The van der Waals surface area contributed by atoms with E-state index in [4.69, 9.17) is 14.2 Å². The van der Waals surface area contributed by atoms with E-state index in [1.807, 2.05) is 0 Å². The van der Waals surface area contributed by atoms with Crippen LogP contribution in [0.25, 0.3) is 10.8 Å². The molecule has 154 valence electrons. The van der Waals surface area contributed by atoms with Crippen LogP contribution in [0.2, 0.25) is 0 Å². The van der Waals surface area contributed by atoms with Gasteiger partial charge >= 0.3 is 5.97 Å². The topological polar surface area (TPSA) is 132 Å². The van der Waals surface area contributed by atoms with Crippen molar-refractivity contribution in [1.82, 2.24) is 15.6 Å². The van der Waals surface area contributed by atoms with Gasteiger partial charge in [0.1, 0.15) is 0 Å². The second-order valence-electron chi connectivity index (χ2n) is 5.99. The van der Waals surface area contributed by atoms with E-state index in [1.54, 1.807) is 36.4 Å². The summed E-state index contributed by atoms with van der Waals surface area (Å²) < 4.78 is 15.6. The van der Waals surface area contributed by atoms with E-state index in [2.05, 4.69) is 20.7 Å². The number of esters is 1. The average Bonchev–Trinajstić information content (AvgIpc) is 2.74. The van der Waals surface area contributed by atoms with Crippen LogP contribution in [0.3, 0.4) is 0 Å². The summed E-state index contributed by atoms with van der Waals surface area (Å²) in [5.74, 6) is -0.482. The van der Waals surface area contributed by atoms with Gasteiger partial charge in [0.25, 0.3) is 11.5 Å². The van der Waals surface area contributed by atoms with E-state index >= 15 is 0 Å². The molecule has 30 heavy (non-hydrogen) atoms. The largest absolute Gasteiger partial charge is 0.493 e. The van der Waals surface area contributed by atoms with Crippen LogP contribution in [0.5, 0.6) is 17.2 Å². The number of amides is 1. The summed E-state index contributed by atoms with van der Waals surface area (Å²) in [6, 6.07) is 9.73. The second-order valence-corrected chi connectivity index (χ2v) is 5.99. The van der Waals surface area contributed by atoms with Crippen LogP contribution in [-0.4, -0.2) is 42.5 Å². The molecule has 0 atom stereocenters. The number of hydrogen-bond donors (Lipinski definition) is 2. The van der Waals surface area contributed by atoms with Crippen LogP contribution in [-0.2, 0) is 4.79 Å². The molecule has 0 bridgehead atoms. The Kier molecular flexibility index (Phi) is 6.06. The number of hydrazone groups is 1. The number of fused-ring (bicyclic) bond motifs is 1. The first-order valence-corrected chi connectivity index (χ1v) is 8.70. The Balaban J connectivity index is 1.85. The second kappa shape index (κ2) is 8.86. The molecular formula is C20H18N4O6. The first kappa shape index (κ1) is 20.5. The van der Waals surface area contributed by atoms with Crippen molar-refractivity contribution < 1.29 is 23.8 Å². The monoisotopic (exact) mass is 410 g/mol. The minimum absolute atomic E-state index is 0.0303. The first-order valence-electron chi connectivity index (χ1n) is 8.70. The number of benzene rings is 2. The van der Waals surface area contributed by atoms with Gasteiger partial charge in [0, 0.05) is 17.9 Å². The number of rotatable bonds is 6. The number of aromatic amines is 1. The smallest absolute Gasteiger partial charge is 0.308 e. The van der Waals surface area contributed by atoms with Gasteiger partial charge in [-0.2, -0.15) is 10.2 Å². The molecule has 1 amide bonds. The van der Waals surface area contributed by atoms with Crippen LogP contribution in [0.4, 0.5) is 0 Å². The summed E-state index contributed by atoms with van der Waals surface area (Å²) in [5, 5.41) is 10.8. The number of methoxy groups -OCH3 is 2. The molecule has 0 radical (unpaired) electrons. The Morgan fingerprint density at radius 3 is 2.33 bits per heavy atom. The van der Waals surface area contributed by atoms with E-state index in [1.165, 1.54) is 27.4 Å². The fourth-order valence-corrected chi connectivity index (χ4v) is 2.73. The van der Waals surface area contributed by atoms with Gasteiger partial charge in [-0.3, -0.25) is 14.4 Å². The SMILES string of the molecule is COc1cc(/C=N\NC(=O)c2n[nH]c(=O)c3ccccc23)cc(OC)c1OC(C)=O. The van der Waals surface area contributed by atoms with Crippen LogP contribution < -0.4 is 25.2 Å². The van der Waals surface area contributed by atoms with E-state index in [-0.39, 0.29) is 22.9 Å². The molecule has 1 heterocycles. The number of carbonyl (C=O) groups is 2. The van der Waals surface area contributed by atoms with Gasteiger partial charge < -0.3 is 14.2 Å². The molecule has 10 nitrogen and oxygen atoms in total. The Morgan fingerprint density at radius 1 is 1.10 bits per heavy atom. The predicted molar refractivity (Wildman–Crippen MR) is 108 cm³/mol. The minimum Gasteiger partial charge on any atom is -0.493 e. The Bertz CT molecular complexity index is 1180. The summed E-state index contributed by atoms with van der Waals surface area (Å²) >= 11 is 0. The zero-order valence-corrected chi connectivity index (χ0v) is 16.4. The lowest BCUT2D eigenvalue weighted by atomic mass is 10.1. The molecule has 0 saturated carbocycles. The van der Waals surface area contributed by atoms with Gasteiger partial charge in [0.05, 0.1) is 25.8 Å². The zero-order valence-electron chi connectivity index (χ0n) is 16.4. The van der Waals surface area contributed by atoms with Gasteiger partial charge in [0.15, 0.2) is 17.2 Å². The number of hydrogen-bond acceptors (Lipinski definition) is 8. The van der Waals surface area contributed by atoms with Crippen molar-refractivity contribution in [2.45, 2.75) is 6.92 Å². The number of H-pyrrole nitrogens is 1. The maximum atomic E-state index is 12.5. The highest BCUT2D eigenvalue weighted by Gasteiger charge is 2.16. The number of aromatic nitrogens is 2. The highest BCUT2D eigenvalue weighted by molar-refractivity contribution is 6.04. The van der Waals surface area contributed by atoms with Crippen molar-refractivity contribution in [2.24, 2.45) is 5.10 Å². The third kappa shape index (κ3) is 4.27. The summed E-state index contributed by atoms with van der Waals surface area (Å²) in [5.41, 5.74) is 2.51. The summed E-state index contributed by atoms with van der Waals surface area (Å²) in [7, 11) is 2.83. The van der Waals surface area contributed by atoms with E-state index < -0.39 is 17.4 Å². The van der Waals surface area contributed by atoms with Crippen LogP contribution >= 0.6 is 0 Å². The summed E-state index contributed by atoms with van der Waals surface area (Å²) in [6.07, 6.45) is 1.36. The average molecular weight is 410 g/mol. The van der Waals surface area contributed by atoms with Crippen molar-refractivity contribution in [2.75, 3.05) is 14.2 Å². The first-order chi connectivity index (χ1) is 14.4. The number of nitrogens with zero attached hydrogens (tertiary/aromatic N) is 2. The molecule has 10 heteroatoms. The van der Waals surface area contributed by atoms with E-state index in [0.717, 1.165) is 0 Å². The highest BCUT2D eigenvalue weighted by atomic mass is 16.6. The maximum Gasteiger partial charge on any atom is 0.308 e. The molecule has 2 aromatic carbocycles. The van der Waals surface area contributed by atoms with E-state index in [0.29, 0.717) is 16.3 Å². The van der Waals surface area contributed by atoms with Gasteiger partial charge in [-0.05, 0) is 18.2 Å². The molecule has 0 unspecified atom stereocenters. The molecule has 0 aliphatic carbocycles. The van der Waals surface area contributed by atoms with Gasteiger partial charge in [-0.1, -0.05) is 18.2 Å². The van der Waals surface area contributed by atoms with Crippen LogP contribution in [0.15, 0.2) is 46.3 Å². The third-order valence-electron chi connectivity index (χ3n) is 4.02. The van der Waals surface area contributed by atoms with Gasteiger partial charge in [-0.25, -0.2) is 10.5 Å². The Labute approximate surface area is 170 Å². The molecule has 2 N–H and O–H groups in total. The van der Waals surface area contributed by atoms with Gasteiger partial charge in [0.2, 0.25) is 5.75 Å². The van der Waals surface area contributed by atoms with Crippen molar-refractivity contribution >= 4 is 28.9 Å². The van der Waals surface area contributed by atoms with Crippen molar-refractivity contribution in [3.05, 3.63) is 58.0 Å². The maximum absolute atomic E-state index is 12.5. The minimum atomic E-state index is -0.603. The number of ether oxygens (including phenoxy) is 3. The fourth-order valence-electron chi connectivity index (χ4n) is 2.73. The molecular weight excluding hydrogens is 392 g/mol. The Hall–Kier alpha value is -4.21. The highest BCUT2D eigenvalue weighted by Crippen LogP contribution is 2.38. The molecule has 0 aliphatic heterocycles. The van der Waals surface area contributed by atoms with Crippen LogP contribution in [0.1, 0.15) is 23.0 Å². The molecule has 3 rings (SSSR count). The molecule has 0 saturated heterocycles. The van der Waals surface area contributed by atoms with Crippen molar-refractivity contribution in [3.63, 3.8) is 0 Å². The molecule has 0 fully saturated rings. The van der Waals surface area contributed by atoms with Crippen molar-refractivity contribution in [3.8, 4) is 17.2 Å². The normalized spacial score (nSPS) is 10.8. The molecule has 1 aromatic heterocycles. The third-order valence-corrected chi connectivity index (χ3v) is 4.02. The lowest BCUT2D eigenvalue weighted by molar-refractivity contribution is -0.132. The quantitative estimate of drug-likeness (QED) is 0.273. The number of carbonyl (C=O) groups excluding carboxylic acids is 2. The standard InChI is InChI=1S/C20H18N4O6/c1-11(25)30-18-15(28-2)8-12(9-16(18)29-3)10-21-23-20(27)17-13-6-4-5-7-14(13)19(26)24-22-17/h4-10H,1-3H3,(H,23,27)(H,24,26)/b21-10-. The lowest BCUT2D eigenvalue weighted by Gasteiger charge is -2.13. The molecule has 3 aromatic rings. The summed E-state index contributed by atoms with van der Waals surface area (Å²) in [4.78, 5) is 35.6. The van der Waals surface area contributed by atoms with Crippen molar-refractivity contribution in [1.29, 1.82) is 0 Å². The Morgan fingerprint density at radius 2 is 1.73 bits per heavy atom. The predicted octanol–water partition coefficient (Wildman–Crippen LogP) is 1.63. The van der Waals surface area contributed by atoms with Gasteiger partial charge in [-0.15, -0.1) is 0 Å². The fraction of sp³-hybridized carbons (Fsp3) is 0.150.